The average Bonchev–Trinajstić information content (AvgIpc) is 3.36. The molecule has 40 heavy (non-hydrogen) atoms. The Morgan fingerprint density at radius 2 is 2.05 bits per heavy atom. The summed E-state index contributed by atoms with van der Waals surface area (Å²) in [5.41, 5.74) is 2.12. The zero-order chi connectivity index (χ0) is 28.5. The summed E-state index contributed by atoms with van der Waals surface area (Å²) in [4.78, 5) is 40.9. The van der Waals surface area contributed by atoms with Crippen LogP contribution in [-0.4, -0.2) is 64.6 Å². The molecule has 210 valence electrons. The summed E-state index contributed by atoms with van der Waals surface area (Å²) in [7, 11) is 0. The molecule has 0 saturated carbocycles. The predicted molar refractivity (Wildman–Crippen MR) is 166 cm³/mol. The molecule has 0 unspecified atom stereocenters. The molecular formula is C30H35N5O3S2. The van der Waals surface area contributed by atoms with E-state index >= 15 is 0 Å². The number of rotatable bonds is 9. The molecule has 0 bridgehead atoms. The second-order valence-corrected chi connectivity index (χ2v) is 10.8. The molecule has 0 aliphatic carbocycles. The lowest BCUT2D eigenvalue weighted by Gasteiger charge is -2.26. The van der Waals surface area contributed by atoms with Gasteiger partial charge in [-0.3, -0.25) is 23.9 Å². The van der Waals surface area contributed by atoms with Gasteiger partial charge in [0.2, 0.25) is 5.43 Å². The van der Waals surface area contributed by atoms with E-state index in [2.05, 4.69) is 21.8 Å². The largest absolute Gasteiger partial charge is 0.379 e. The maximum Gasteiger partial charge on any atom is 0.258 e. The minimum Gasteiger partial charge on any atom is -0.379 e. The number of carbonyl (C=O) groups excluding carboxylic acids is 1. The Morgan fingerprint density at radius 1 is 1.25 bits per heavy atom. The molecule has 1 amide bonds. The summed E-state index contributed by atoms with van der Waals surface area (Å²) in [6.07, 6.45) is 9.17. The van der Waals surface area contributed by atoms with Gasteiger partial charge in [0, 0.05) is 49.2 Å². The maximum atomic E-state index is 13.8. The molecule has 1 fully saturated rings. The molecule has 4 aromatic heterocycles. The highest BCUT2D eigenvalue weighted by Gasteiger charge is 2.24. The van der Waals surface area contributed by atoms with Crippen LogP contribution in [0.1, 0.15) is 47.4 Å². The molecule has 1 aliphatic rings. The third-order valence-corrected chi connectivity index (χ3v) is 8.48. The van der Waals surface area contributed by atoms with Crippen LogP contribution < -0.4 is 10.7 Å². The van der Waals surface area contributed by atoms with Crippen molar-refractivity contribution in [1.29, 1.82) is 0 Å². The first-order chi connectivity index (χ1) is 19.6. The second kappa shape index (κ2) is 14.4. The van der Waals surface area contributed by atoms with Gasteiger partial charge in [0.25, 0.3) is 5.91 Å². The lowest BCUT2D eigenvalue weighted by atomic mass is 10.1. The van der Waals surface area contributed by atoms with E-state index in [0.717, 1.165) is 34.2 Å². The Balaban J connectivity index is 0.00000181. The Hall–Kier alpha value is -3.31. The first-order valence-electron chi connectivity index (χ1n) is 13.5. The van der Waals surface area contributed by atoms with Gasteiger partial charge in [-0.1, -0.05) is 32.6 Å². The summed E-state index contributed by atoms with van der Waals surface area (Å²) in [5, 5.41) is 3.39. The van der Waals surface area contributed by atoms with E-state index in [1.807, 2.05) is 61.6 Å². The molecule has 0 radical (unpaired) electrons. The molecule has 4 aromatic rings. The Bertz CT molecular complexity index is 1560. The molecule has 0 aromatic carbocycles. The lowest BCUT2D eigenvalue weighted by molar-refractivity contribution is 0.0383. The fourth-order valence-corrected chi connectivity index (χ4v) is 6.36. The third kappa shape index (κ3) is 6.52. The van der Waals surface area contributed by atoms with Crippen LogP contribution in [0.25, 0.3) is 28.0 Å². The Labute approximate surface area is 242 Å². The standard InChI is InChI=1S/C28H29N5O3S2.C2H6/c1-3-7-22-23(4-2)38-28-24(27(35)30-10-11-32-12-14-36-15-13-32)25(34)21-16-20(17-31-26(21)33(22)28)37-18-19-8-5-6-9-29-19;1-2/h3-9,16-17H,2,10-15,18H2,1H3,(H,30,35);1-2H3/b7-3-;. The number of morpholine rings is 1. The lowest BCUT2D eigenvalue weighted by Crippen LogP contribution is -2.42. The van der Waals surface area contributed by atoms with Gasteiger partial charge in [-0.05, 0) is 37.3 Å². The summed E-state index contributed by atoms with van der Waals surface area (Å²) < 4.78 is 7.31. The summed E-state index contributed by atoms with van der Waals surface area (Å²) >= 11 is 2.93. The fraction of sp³-hybridized carbons (Fsp3) is 0.333. The number of aromatic nitrogens is 3. The number of hydrogen-bond donors (Lipinski definition) is 1. The topological polar surface area (TPSA) is 88.8 Å². The third-order valence-electron chi connectivity index (χ3n) is 6.31. The number of fused-ring (bicyclic) bond motifs is 3. The zero-order valence-corrected chi connectivity index (χ0v) is 24.8. The number of thiazole rings is 1. The van der Waals surface area contributed by atoms with Crippen LogP contribution in [0.5, 0.6) is 0 Å². The van der Waals surface area contributed by atoms with Crippen molar-refractivity contribution in [2.24, 2.45) is 0 Å². The van der Waals surface area contributed by atoms with Crippen LogP contribution in [0.3, 0.4) is 0 Å². The first-order valence-corrected chi connectivity index (χ1v) is 15.3. The monoisotopic (exact) mass is 577 g/mol. The van der Waals surface area contributed by atoms with Crippen molar-refractivity contribution in [2.45, 2.75) is 31.4 Å². The van der Waals surface area contributed by atoms with Crippen LogP contribution in [0.15, 0.2) is 59.0 Å². The van der Waals surface area contributed by atoms with E-state index < -0.39 is 0 Å². The minimum absolute atomic E-state index is 0.136. The SMILES string of the molecule is C=Cc1sc2c(C(=O)NCCN3CCOCC3)c(=O)c3cc(SCc4ccccn4)cnc3n2c1/C=C\C.CC. The van der Waals surface area contributed by atoms with Crippen LogP contribution in [0.4, 0.5) is 0 Å². The van der Waals surface area contributed by atoms with Crippen LogP contribution in [-0.2, 0) is 10.5 Å². The first kappa shape index (κ1) is 29.7. The number of ether oxygens (including phenoxy) is 1. The quantitative estimate of drug-likeness (QED) is 0.268. The van der Waals surface area contributed by atoms with Gasteiger partial charge in [0.15, 0.2) is 0 Å². The number of hydrogen-bond acceptors (Lipinski definition) is 8. The van der Waals surface area contributed by atoms with Crippen LogP contribution >= 0.6 is 23.1 Å². The van der Waals surface area contributed by atoms with Crippen molar-refractivity contribution in [3.8, 4) is 0 Å². The number of thioether (sulfide) groups is 1. The van der Waals surface area contributed by atoms with E-state index in [0.29, 0.717) is 47.9 Å². The summed E-state index contributed by atoms with van der Waals surface area (Å²) in [6, 6.07) is 7.63. The van der Waals surface area contributed by atoms with Gasteiger partial charge in [0.05, 0.1) is 34.9 Å². The zero-order valence-electron chi connectivity index (χ0n) is 23.2. The number of carbonyl (C=O) groups is 1. The predicted octanol–water partition coefficient (Wildman–Crippen LogP) is 5.36. The molecule has 1 aliphatic heterocycles. The van der Waals surface area contributed by atoms with E-state index in [-0.39, 0.29) is 16.9 Å². The van der Waals surface area contributed by atoms with Crippen molar-refractivity contribution < 1.29 is 9.53 Å². The highest BCUT2D eigenvalue weighted by Crippen LogP contribution is 2.32. The van der Waals surface area contributed by atoms with Crippen molar-refractivity contribution in [3.05, 3.63) is 81.4 Å². The van der Waals surface area contributed by atoms with Crippen molar-refractivity contribution in [1.82, 2.24) is 24.6 Å². The van der Waals surface area contributed by atoms with E-state index in [9.17, 15) is 9.59 Å². The Kier molecular flexibility index (Phi) is 10.7. The Morgan fingerprint density at radius 3 is 2.75 bits per heavy atom. The molecule has 10 heteroatoms. The molecule has 1 saturated heterocycles. The number of allylic oxidation sites excluding steroid dienone is 1. The van der Waals surface area contributed by atoms with Crippen molar-refractivity contribution >= 4 is 57.0 Å². The second-order valence-electron chi connectivity index (χ2n) is 8.76. The molecule has 8 nitrogen and oxygen atoms in total. The van der Waals surface area contributed by atoms with Gasteiger partial charge >= 0.3 is 0 Å². The van der Waals surface area contributed by atoms with Crippen molar-refractivity contribution in [2.75, 3.05) is 39.4 Å². The number of amides is 1. The van der Waals surface area contributed by atoms with Crippen molar-refractivity contribution in [3.63, 3.8) is 0 Å². The van der Waals surface area contributed by atoms with Gasteiger partial charge < -0.3 is 10.1 Å². The number of nitrogens with one attached hydrogen (secondary N) is 1. The number of pyridine rings is 3. The molecule has 0 atom stereocenters. The van der Waals surface area contributed by atoms with Gasteiger partial charge in [-0.15, -0.1) is 23.1 Å². The van der Waals surface area contributed by atoms with Gasteiger partial charge in [-0.2, -0.15) is 0 Å². The van der Waals surface area contributed by atoms with E-state index in [1.165, 1.54) is 11.3 Å². The number of nitrogens with zero attached hydrogens (tertiary/aromatic N) is 4. The van der Waals surface area contributed by atoms with Gasteiger partial charge in [0.1, 0.15) is 16.0 Å². The molecule has 1 N–H and O–H groups in total. The molecule has 5 heterocycles. The minimum atomic E-state index is -0.377. The average molecular weight is 578 g/mol. The van der Waals surface area contributed by atoms with Crippen LogP contribution in [0, 0.1) is 0 Å². The summed E-state index contributed by atoms with van der Waals surface area (Å²) in [6.45, 7) is 14.1. The smallest absolute Gasteiger partial charge is 0.258 e. The fourth-order valence-electron chi connectivity index (χ4n) is 4.43. The normalized spacial score (nSPS) is 13.9. The maximum absolute atomic E-state index is 13.8. The highest BCUT2D eigenvalue weighted by atomic mass is 32.2. The highest BCUT2D eigenvalue weighted by molar-refractivity contribution is 7.98. The van der Waals surface area contributed by atoms with Gasteiger partial charge in [-0.25, -0.2) is 4.98 Å². The van der Waals surface area contributed by atoms with Crippen LogP contribution in [0.2, 0.25) is 0 Å². The summed E-state index contributed by atoms with van der Waals surface area (Å²) in [5.74, 6) is 0.271. The van der Waals surface area contributed by atoms with E-state index in [4.69, 9.17) is 9.72 Å². The van der Waals surface area contributed by atoms with E-state index in [1.54, 1.807) is 30.2 Å². The molecule has 5 rings (SSSR count). The molecule has 0 spiro atoms. The molecular weight excluding hydrogens is 542 g/mol.